The number of hydrogen-bond acceptors (Lipinski definition) is 2. The summed E-state index contributed by atoms with van der Waals surface area (Å²) in [5, 5.41) is 3.19. The van der Waals surface area contributed by atoms with Crippen LogP contribution in [0.3, 0.4) is 0 Å². The van der Waals surface area contributed by atoms with Crippen LogP contribution in [0, 0.1) is 0 Å². The molecule has 0 heterocycles. The van der Waals surface area contributed by atoms with Crippen LogP contribution in [0.25, 0.3) is 0 Å². The molecule has 1 unspecified atom stereocenters. The highest BCUT2D eigenvalue weighted by atomic mass is 16.1. The molecule has 1 atom stereocenters. The van der Waals surface area contributed by atoms with Gasteiger partial charge in [0.15, 0.2) is 5.78 Å². The van der Waals surface area contributed by atoms with E-state index in [1.54, 1.807) is 6.08 Å². The van der Waals surface area contributed by atoms with Crippen molar-refractivity contribution < 1.29 is 4.79 Å². The molecule has 0 saturated heterocycles. The van der Waals surface area contributed by atoms with Gasteiger partial charge in [-0.3, -0.25) is 4.79 Å². The average molecular weight is 203 g/mol. The quantitative estimate of drug-likeness (QED) is 0.568. The van der Waals surface area contributed by atoms with Crippen LogP contribution in [-0.4, -0.2) is 18.4 Å². The fourth-order valence-corrected chi connectivity index (χ4v) is 1.38. The van der Waals surface area contributed by atoms with Crippen LogP contribution in [0.2, 0.25) is 0 Å². The van der Waals surface area contributed by atoms with Gasteiger partial charge in [-0.25, -0.2) is 0 Å². The highest BCUT2D eigenvalue weighted by Gasteiger charge is 2.09. The summed E-state index contributed by atoms with van der Waals surface area (Å²) in [6, 6.07) is 9.57. The molecule has 0 fully saturated rings. The van der Waals surface area contributed by atoms with Crippen molar-refractivity contribution in [2.75, 3.05) is 6.54 Å². The second-order valence-corrected chi connectivity index (χ2v) is 3.59. The number of nitrogens with one attached hydrogen (secondary N) is 1. The molecule has 1 N–H and O–H groups in total. The van der Waals surface area contributed by atoms with E-state index in [9.17, 15) is 4.79 Å². The summed E-state index contributed by atoms with van der Waals surface area (Å²) in [6.07, 6.45) is 2.32. The molecular formula is C13H17NO. The highest BCUT2D eigenvalue weighted by molar-refractivity contribution is 5.96. The lowest BCUT2D eigenvalue weighted by Gasteiger charge is -2.11. The number of carbonyl (C=O) groups is 1. The zero-order chi connectivity index (χ0) is 11.1. The zero-order valence-corrected chi connectivity index (χ0v) is 9.07. The van der Waals surface area contributed by atoms with Gasteiger partial charge in [-0.1, -0.05) is 36.4 Å². The van der Waals surface area contributed by atoms with Crippen LogP contribution in [0.1, 0.15) is 23.7 Å². The summed E-state index contributed by atoms with van der Waals surface area (Å²) in [4.78, 5) is 11.8. The molecule has 0 bridgehead atoms. The van der Waals surface area contributed by atoms with Crippen LogP contribution in [0.5, 0.6) is 0 Å². The third-order valence-corrected chi connectivity index (χ3v) is 2.20. The van der Waals surface area contributed by atoms with Gasteiger partial charge in [0.2, 0.25) is 0 Å². The van der Waals surface area contributed by atoms with Crippen LogP contribution in [-0.2, 0) is 0 Å². The minimum atomic E-state index is 0.180. The number of benzene rings is 1. The number of carbonyl (C=O) groups excluding carboxylic acids is 1. The van der Waals surface area contributed by atoms with Gasteiger partial charge in [-0.05, 0) is 6.92 Å². The number of ketones is 1. The van der Waals surface area contributed by atoms with E-state index in [2.05, 4.69) is 11.9 Å². The Labute approximate surface area is 91.0 Å². The van der Waals surface area contributed by atoms with E-state index in [1.165, 1.54) is 0 Å². The molecular weight excluding hydrogens is 186 g/mol. The standard InChI is InChI=1S/C13H17NO/c1-3-9-14-11(2)10-13(15)12-7-5-4-6-8-12/h3-8,11,14H,1,9-10H2,2H3. The van der Waals surface area contributed by atoms with E-state index in [1.807, 2.05) is 37.3 Å². The van der Waals surface area contributed by atoms with Crippen LogP contribution in [0.4, 0.5) is 0 Å². The molecule has 2 nitrogen and oxygen atoms in total. The van der Waals surface area contributed by atoms with Crippen molar-refractivity contribution in [3.05, 3.63) is 48.6 Å². The molecule has 0 aromatic heterocycles. The van der Waals surface area contributed by atoms with Crippen molar-refractivity contribution in [2.45, 2.75) is 19.4 Å². The summed E-state index contributed by atoms with van der Waals surface area (Å²) in [7, 11) is 0. The first-order valence-electron chi connectivity index (χ1n) is 5.16. The van der Waals surface area contributed by atoms with E-state index in [-0.39, 0.29) is 11.8 Å². The molecule has 2 heteroatoms. The predicted octanol–water partition coefficient (Wildman–Crippen LogP) is 2.42. The molecule has 80 valence electrons. The maximum Gasteiger partial charge on any atom is 0.164 e. The first-order chi connectivity index (χ1) is 7.24. The summed E-state index contributed by atoms with van der Waals surface area (Å²) in [5.41, 5.74) is 0.782. The largest absolute Gasteiger partial charge is 0.310 e. The normalized spacial score (nSPS) is 12.1. The van der Waals surface area contributed by atoms with E-state index >= 15 is 0 Å². The Bertz CT molecular complexity index is 319. The van der Waals surface area contributed by atoms with Crippen molar-refractivity contribution >= 4 is 5.78 Å². The van der Waals surface area contributed by atoms with E-state index in [4.69, 9.17) is 0 Å². The smallest absolute Gasteiger partial charge is 0.164 e. The summed E-state index contributed by atoms with van der Waals surface area (Å²) < 4.78 is 0. The van der Waals surface area contributed by atoms with Gasteiger partial charge in [-0.15, -0.1) is 6.58 Å². The fraction of sp³-hybridized carbons (Fsp3) is 0.308. The Morgan fingerprint density at radius 2 is 2.13 bits per heavy atom. The van der Waals surface area contributed by atoms with Crippen molar-refractivity contribution in [3.8, 4) is 0 Å². The lowest BCUT2D eigenvalue weighted by molar-refractivity contribution is 0.0972. The molecule has 1 aromatic carbocycles. The minimum absolute atomic E-state index is 0.180. The third-order valence-electron chi connectivity index (χ3n) is 2.20. The summed E-state index contributed by atoms with van der Waals surface area (Å²) in [6.45, 7) is 6.37. The lowest BCUT2D eigenvalue weighted by Crippen LogP contribution is -2.28. The Morgan fingerprint density at radius 3 is 2.73 bits per heavy atom. The molecule has 0 aliphatic carbocycles. The fourth-order valence-electron chi connectivity index (χ4n) is 1.38. The maximum atomic E-state index is 11.8. The SMILES string of the molecule is C=CCNC(C)CC(=O)c1ccccc1. The molecule has 0 radical (unpaired) electrons. The topological polar surface area (TPSA) is 29.1 Å². The van der Waals surface area contributed by atoms with Crippen LogP contribution < -0.4 is 5.32 Å². The second-order valence-electron chi connectivity index (χ2n) is 3.59. The van der Waals surface area contributed by atoms with Gasteiger partial charge in [0.1, 0.15) is 0 Å². The van der Waals surface area contributed by atoms with Gasteiger partial charge in [0.05, 0.1) is 0 Å². The minimum Gasteiger partial charge on any atom is -0.310 e. The van der Waals surface area contributed by atoms with Crippen molar-refractivity contribution in [1.29, 1.82) is 0 Å². The molecule has 1 aromatic rings. The number of hydrogen-bond donors (Lipinski definition) is 1. The Balaban J connectivity index is 2.45. The van der Waals surface area contributed by atoms with Crippen LogP contribution >= 0.6 is 0 Å². The molecule has 0 aliphatic rings. The Kier molecular flexibility index (Phi) is 4.78. The Morgan fingerprint density at radius 1 is 1.47 bits per heavy atom. The molecule has 1 rings (SSSR count). The predicted molar refractivity (Wildman–Crippen MR) is 63.1 cm³/mol. The molecule has 0 amide bonds. The first kappa shape index (κ1) is 11.7. The number of Topliss-reactive ketones (excluding diaryl/α,β-unsaturated/α-hetero) is 1. The van der Waals surface area contributed by atoms with Crippen molar-refractivity contribution in [2.24, 2.45) is 0 Å². The van der Waals surface area contributed by atoms with E-state index in [0.717, 1.165) is 12.1 Å². The van der Waals surface area contributed by atoms with Gasteiger partial charge in [-0.2, -0.15) is 0 Å². The van der Waals surface area contributed by atoms with Gasteiger partial charge < -0.3 is 5.32 Å². The first-order valence-corrected chi connectivity index (χ1v) is 5.16. The third kappa shape index (κ3) is 4.09. The summed E-state index contributed by atoms with van der Waals surface area (Å²) in [5.74, 6) is 0.180. The lowest BCUT2D eigenvalue weighted by atomic mass is 10.0. The molecule has 0 spiro atoms. The number of rotatable bonds is 6. The average Bonchev–Trinajstić information content (AvgIpc) is 2.27. The molecule has 15 heavy (non-hydrogen) atoms. The maximum absolute atomic E-state index is 11.8. The zero-order valence-electron chi connectivity index (χ0n) is 9.07. The van der Waals surface area contributed by atoms with Crippen LogP contribution in [0.15, 0.2) is 43.0 Å². The molecule has 0 aliphatic heterocycles. The monoisotopic (exact) mass is 203 g/mol. The second kappa shape index (κ2) is 6.14. The van der Waals surface area contributed by atoms with Crippen molar-refractivity contribution in [1.82, 2.24) is 5.32 Å². The highest BCUT2D eigenvalue weighted by Crippen LogP contribution is 2.04. The van der Waals surface area contributed by atoms with Gasteiger partial charge >= 0.3 is 0 Å². The van der Waals surface area contributed by atoms with E-state index in [0.29, 0.717) is 6.42 Å². The summed E-state index contributed by atoms with van der Waals surface area (Å²) >= 11 is 0. The van der Waals surface area contributed by atoms with E-state index < -0.39 is 0 Å². The van der Waals surface area contributed by atoms with Crippen molar-refractivity contribution in [3.63, 3.8) is 0 Å². The van der Waals surface area contributed by atoms with Gasteiger partial charge in [0, 0.05) is 24.6 Å². The Hall–Kier alpha value is -1.41. The molecule has 0 saturated carbocycles. The van der Waals surface area contributed by atoms with Gasteiger partial charge in [0.25, 0.3) is 0 Å².